The Morgan fingerprint density at radius 1 is 1.00 bits per heavy atom. The number of hydrogen-bond donors (Lipinski definition) is 1. The molecule has 18 heavy (non-hydrogen) atoms. The topological polar surface area (TPSA) is 12.0 Å². The average molecular weight is 251 g/mol. The summed E-state index contributed by atoms with van der Waals surface area (Å²) in [6, 6.07) is 0.882. The molecule has 0 bridgehead atoms. The summed E-state index contributed by atoms with van der Waals surface area (Å²) < 4.78 is 0. The predicted molar refractivity (Wildman–Crippen MR) is 79.7 cm³/mol. The third kappa shape index (κ3) is 4.91. The monoisotopic (exact) mass is 251 g/mol. The summed E-state index contributed by atoms with van der Waals surface area (Å²) in [7, 11) is 0. The fraction of sp³-hybridized carbons (Fsp3) is 1.00. The molecule has 0 radical (unpaired) electrons. The van der Waals surface area contributed by atoms with Crippen LogP contribution in [0.25, 0.3) is 0 Å². The first kappa shape index (κ1) is 14.4. The van der Waals surface area contributed by atoms with Gasteiger partial charge >= 0.3 is 0 Å². The van der Waals surface area contributed by atoms with Crippen molar-refractivity contribution < 1.29 is 0 Å². The van der Waals surface area contributed by atoms with Crippen molar-refractivity contribution in [3.63, 3.8) is 0 Å². The Balaban J connectivity index is 1.79. The molecule has 2 aliphatic rings. The summed E-state index contributed by atoms with van der Waals surface area (Å²) >= 11 is 0. The second-order valence-electron chi connectivity index (χ2n) is 8.22. The van der Waals surface area contributed by atoms with Gasteiger partial charge in [0.15, 0.2) is 0 Å². The molecule has 2 rings (SSSR count). The number of nitrogens with one attached hydrogen (secondary N) is 1. The quantitative estimate of drug-likeness (QED) is 0.752. The van der Waals surface area contributed by atoms with Crippen LogP contribution in [-0.4, -0.2) is 12.6 Å². The Morgan fingerprint density at radius 2 is 1.72 bits per heavy atom. The molecule has 0 aromatic rings. The van der Waals surface area contributed by atoms with Crippen molar-refractivity contribution in [2.75, 3.05) is 6.54 Å². The number of hydrogen-bond acceptors (Lipinski definition) is 1. The van der Waals surface area contributed by atoms with E-state index < -0.39 is 0 Å². The maximum absolute atomic E-state index is 3.77. The lowest BCUT2D eigenvalue weighted by Gasteiger charge is -2.36. The minimum Gasteiger partial charge on any atom is -0.314 e. The highest BCUT2D eigenvalue weighted by molar-refractivity contribution is 4.86. The normalized spacial score (nSPS) is 33.7. The van der Waals surface area contributed by atoms with Crippen molar-refractivity contribution in [2.45, 2.75) is 78.7 Å². The first-order chi connectivity index (χ1) is 8.44. The van der Waals surface area contributed by atoms with Gasteiger partial charge in [-0.15, -0.1) is 0 Å². The van der Waals surface area contributed by atoms with Crippen molar-refractivity contribution in [3.8, 4) is 0 Å². The van der Waals surface area contributed by atoms with Crippen LogP contribution < -0.4 is 5.32 Å². The van der Waals surface area contributed by atoms with Crippen LogP contribution in [0.4, 0.5) is 0 Å². The van der Waals surface area contributed by atoms with Gasteiger partial charge in [-0.2, -0.15) is 0 Å². The summed E-state index contributed by atoms with van der Waals surface area (Å²) in [4.78, 5) is 0. The molecule has 3 atom stereocenters. The molecule has 106 valence electrons. The van der Waals surface area contributed by atoms with E-state index in [9.17, 15) is 0 Å². The second-order valence-corrected chi connectivity index (χ2v) is 8.22. The lowest BCUT2D eigenvalue weighted by atomic mass is 9.71. The summed E-state index contributed by atoms with van der Waals surface area (Å²) in [6.45, 7) is 10.9. The summed E-state index contributed by atoms with van der Waals surface area (Å²) in [5.74, 6) is 2.91. The Bertz CT molecular complexity index is 249. The van der Waals surface area contributed by atoms with Gasteiger partial charge < -0.3 is 5.32 Å². The fourth-order valence-electron chi connectivity index (χ4n) is 3.41. The van der Waals surface area contributed by atoms with Crippen LogP contribution in [0.15, 0.2) is 0 Å². The maximum Gasteiger partial charge on any atom is 0.00683 e. The van der Waals surface area contributed by atoms with Gasteiger partial charge in [-0.25, -0.2) is 0 Å². The van der Waals surface area contributed by atoms with E-state index in [1.807, 2.05) is 0 Å². The molecular weight excluding hydrogens is 218 g/mol. The zero-order chi connectivity index (χ0) is 13.2. The molecule has 2 fully saturated rings. The third-order valence-corrected chi connectivity index (χ3v) is 4.91. The SMILES string of the molecule is CC1CCC(CNC2CC2)C(CCC(C)(C)C)C1. The molecule has 0 spiro atoms. The molecule has 1 nitrogen and oxygen atoms in total. The predicted octanol–water partition coefficient (Wildman–Crippen LogP) is 4.62. The van der Waals surface area contributed by atoms with Crippen LogP contribution in [-0.2, 0) is 0 Å². The smallest absolute Gasteiger partial charge is 0.00683 e. The summed E-state index contributed by atoms with van der Waals surface area (Å²) in [6.07, 6.45) is 10.1. The summed E-state index contributed by atoms with van der Waals surface area (Å²) in [5, 5.41) is 3.77. The maximum atomic E-state index is 3.77. The third-order valence-electron chi connectivity index (χ3n) is 4.91. The van der Waals surface area contributed by atoms with Gasteiger partial charge in [0.2, 0.25) is 0 Å². The van der Waals surface area contributed by atoms with E-state index in [4.69, 9.17) is 0 Å². The van der Waals surface area contributed by atoms with E-state index in [0.29, 0.717) is 5.41 Å². The Kier molecular flexibility index (Phi) is 4.75. The molecule has 0 amide bonds. The van der Waals surface area contributed by atoms with Crippen molar-refractivity contribution in [1.29, 1.82) is 0 Å². The highest BCUT2D eigenvalue weighted by Crippen LogP contribution is 2.38. The molecule has 0 aromatic carbocycles. The molecule has 0 aliphatic heterocycles. The van der Waals surface area contributed by atoms with Crippen LogP contribution in [0.5, 0.6) is 0 Å². The first-order valence-electron chi connectivity index (χ1n) is 8.17. The van der Waals surface area contributed by atoms with E-state index in [2.05, 4.69) is 33.0 Å². The van der Waals surface area contributed by atoms with Gasteiger partial charge in [0, 0.05) is 6.04 Å². The van der Waals surface area contributed by atoms with Crippen LogP contribution in [0.2, 0.25) is 0 Å². The van der Waals surface area contributed by atoms with E-state index in [1.165, 1.54) is 51.5 Å². The van der Waals surface area contributed by atoms with Gasteiger partial charge in [0.1, 0.15) is 0 Å². The van der Waals surface area contributed by atoms with Gasteiger partial charge in [-0.3, -0.25) is 0 Å². The van der Waals surface area contributed by atoms with Crippen LogP contribution in [0, 0.1) is 23.2 Å². The Morgan fingerprint density at radius 3 is 2.33 bits per heavy atom. The summed E-state index contributed by atoms with van der Waals surface area (Å²) in [5.41, 5.74) is 0.509. The highest BCUT2D eigenvalue weighted by atomic mass is 14.9. The van der Waals surface area contributed by atoms with Crippen molar-refractivity contribution in [3.05, 3.63) is 0 Å². The highest BCUT2D eigenvalue weighted by Gasteiger charge is 2.31. The van der Waals surface area contributed by atoms with Gasteiger partial charge in [0.05, 0.1) is 0 Å². The van der Waals surface area contributed by atoms with Gasteiger partial charge in [0.25, 0.3) is 0 Å². The molecule has 3 unspecified atom stereocenters. The fourth-order valence-corrected chi connectivity index (χ4v) is 3.41. The van der Waals surface area contributed by atoms with Crippen molar-refractivity contribution in [1.82, 2.24) is 5.32 Å². The van der Waals surface area contributed by atoms with Crippen LogP contribution in [0.3, 0.4) is 0 Å². The molecule has 2 aliphatic carbocycles. The molecule has 1 heteroatoms. The van der Waals surface area contributed by atoms with Crippen molar-refractivity contribution >= 4 is 0 Å². The second kappa shape index (κ2) is 5.94. The lowest BCUT2D eigenvalue weighted by Crippen LogP contribution is -2.34. The zero-order valence-electron chi connectivity index (χ0n) is 13.0. The van der Waals surface area contributed by atoms with Gasteiger partial charge in [-0.1, -0.05) is 34.1 Å². The van der Waals surface area contributed by atoms with E-state index >= 15 is 0 Å². The Hall–Kier alpha value is -0.0400. The molecule has 2 saturated carbocycles. The Labute approximate surface area is 114 Å². The largest absolute Gasteiger partial charge is 0.314 e. The van der Waals surface area contributed by atoms with Crippen molar-refractivity contribution in [2.24, 2.45) is 23.2 Å². The lowest BCUT2D eigenvalue weighted by molar-refractivity contribution is 0.157. The van der Waals surface area contributed by atoms with E-state index in [0.717, 1.165) is 23.8 Å². The average Bonchev–Trinajstić information content (AvgIpc) is 3.08. The molecule has 0 aromatic heterocycles. The van der Waals surface area contributed by atoms with Crippen LogP contribution in [0.1, 0.15) is 72.6 Å². The first-order valence-corrected chi connectivity index (χ1v) is 8.17. The molecule has 0 saturated heterocycles. The number of rotatable bonds is 5. The molecule has 0 heterocycles. The minimum atomic E-state index is 0.509. The van der Waals surface area contributed by atoms with E-state index in [1.54, 1.807) is 0 Å². The van der Waals surface area contributed by atoms with Gasteiger partial charge in [-0.05, 0) is 68.2 Å². The molecule has 1 N–H and O–H groups in total. The minimum absolute atomic E-state index is 0.509. The zero-order valence-corrected chi connectivity index (χ0v) is 13.0. The van der Waals surface area contributed by atoms with E-state index in [-0.39, 0.29) is 0 Å². The van der Waals surface area contributed by atoms with Crippen LogP contribution >= 0.6 is 0 Å². The molecular formula is C17H33N. The standard InChI is InChI=1S/C17H33N/c1-13-5-6-15(12-18-16-7-8-16)14(11-13)9-10-17(2,3)4/h13-16,18H,5-12H2,1-4H3.